The second kappa shape index (κ2) is 9.34. The zero-order valence-electron chi connectivity index (χ0n) is 19.7. The number of hydrogen-bond acceptors (Lipinski definition) is 5. The lowest BCUT2D eigenvalue weighted by atomic mass is 9.81. The summed E-state index contributed by atoms with van der Waals surface area (Å²) >= 11 is 0. The average Bonchev–Trinajstić information content (AvgIpc) is 3.53. The van der Waals surface area contributed by atoms with Gasteiger partial charge in [-0.05, 0) is 41.0 Å². The van der Waals surface area contributed by atoms with Gasteiger partial charge in [-0.25, -0.2) is 4.79 Å². The molecule has 0 bridgehead atoms. The second-order valence-corrected chi connectivity index (χ2v) is 9.70. The molecule has 1 aliphatic heterocycles. The van der Waals surface area contributed by atoms with E-state index in [1.165, 1.54) is 7.11 Å². The summed E-state index contributed by atoms with van der Waals surface area (Å²) in [5.74, 6) is -1.22. The minimum Gasteiger partial charge on any atom is -0.481 e. The molecule has 3 atom stereocenters. The van der Waals surface area contributed by atoms with Crippen molar-refractivity contribution >= 4 is 18.0 Å². The number of benzene rings is 2. The van der Waals surface area contributed by atoms with Gasteiger partial charge < -0.3 is 24.8 Å². The molecule has 2 amide bonds. The molecule has 0 spiro atoms. The van der Waals surface area contributed by atoms with Crippen LogP contribution in [0, 0.1) is 11.3 Å². The maximum atomic E-state index is 13.0. The fourth-order valence-corrected chi connectivity index (χ4v) is 6.11. The third-order valence-electron chi connectivity index (χ3n) is 7.94. The summed E-state index contributed by atoms with van der Waals surface area (Å²) in [5.41, 5.74) is 3.69. The van der Waals surface area contributed by atoms with Crippen LogP contribution < -0.4 is 5.32 Å². The van der Waals surface area contributed by atoms with Crippen molar-refractivity contribution in [3.05, 3.63) is 59.7 Å². The summed E-state index contributed by atoms with van der Waals surface area (Å²) in [6, 6.07) is 16.2. The standard InChI is InChI=1S/C27H30N2O6/c1-34-23(24(30)29-14-17-7-6-12-27(17,16-29)25(31)32)13-28-26(33)35-15-22-20-10-4-2-8-18(20)19-9-3-5-11-21(19)22/h2-5,8-11,17,22-23H,6-7,12-16H2,1H3,(H,28,33)(H,31,32)/t17-,23?,27-/m1/s1. The smallest absolute Gasteiger partial charge is 0.407 e. The molecule has 1 saturated carbocycles. The van der Waals surface area contributed by atoms with Gasteiger partial charge in [0, 0.05) is 26.1 Å². The normalized spacial score (nSPS) is 23.3. The van der Waals surface area contributed by atoms with Crippen LogP contribution >= 0.6 is 0 Å². The Hall–Kier alpha value is -3.39. The SMILES string of the molecule is COC(CNC(=O)OCC1c2ccccc2-c2ccccc21)C(=O)N1C[C@H]2CCC[C@@]2(C(=O)O)C1. The van der Waals surface area contributed by atoms with Gasteiger partial charge in [-0.1, -0.05) is 55.0 Å². The molecular weight excluding hydrogens is 448 g/mol. The van der Waals surface area contributed by atoms with Crippen LogP contribution in [0.4, 0.5) is 4.79 Å². The quantitative estimate of drug-likeness (QED) is 0.633. The number of carbonyl (C=O) groups is 3. The highest BCUT2D eigenvalue weighted by molar-refractivity contribution is 5.85. The number of ether oxygens (including phenoxy) is 2. The molecule has 2 aromatic rings. The highest BCUT2D eigenvalue weighted by Crippen LogP contribution is 2.49. The number of nitrogens with one attached hydrogen (secondary N) is 1. The summed E-state index contributed by atoms with van der Waals surface area (Å²) in [5, 5.41) is 12.4. The minimum atomic E-state index is -0.903. The maximum Gasteiger partial charge on any atom is 0.407 e. The van der Waals surface area contributed by atoms with Crippen LogP contribution in [0.5, 0.6) is 0 Å². The number of nitrogens with zero attached hydrogens (tertiary/aromatic N) is 1. The first kappa shape index (κ1) is 23.4. The lowest BCUT2D eigenvalue weighted by Crippen LogP contribution is -2.46. The van der Waals surface area contributed by atoms with Crippen LogP contribution in [0.15, 0.2) is 48.5 Å². The fraction of sp³-hybridized carbons (Fsp3) is 0.444. The summed E-state index contributed by atoms with van der Waals surface area (Å²) in [4.78, 5) is 39.0. The van der Waals surface area contributed by atoms with Gasteiger partial charge in [-0.15, -0.1) is 0 Å². The second-order valence-electron chi connectivity index (χ2n) is 9.70. The van der Waals surface area contributed by atoms with E-state index in [9.17, 15) is 19.5 Å². The van der Waals surface area contributed by atoms with Gasteiger partial charge >= 0.3 is 12.1 Å². The largest absolute Gasteiger partial charge is 0.481 e. The van der Waals surface area contributed by atoms with Crippen molar-refractivity contribution in [1.82, 2.24) is 10.2 Å². The van der Waals surface area contributed by atoms with E-state index in [1.54, 1.807) is 4.90 Å². The van der Waals surface area contributed by atoms with Crippen LogP contribution in [0.2, 0.25) is 0 Å². The number of likely N-dealkylation sites (tertiary alicyclic amines) is 1. The number of aliphatic carboxylic acids is 1. The molecule has 3 aliphatic rings. The van der Waals surface area contributed by atoms with Gasteiger partial charge in [0.05, 0.1) is 12.0 Å². The zero-order chi connectivity index (χ0) is 24.6. The van der Waals surface area contributed by atoms with E-state index in [0.29, 0.717) is 13.0 Å². The predicted molar refractivity (Wildman–Crippen MR) is 128 cm³/mol. The number of amides is 2. The van der Waals surface area contributed by atoms with Crippen molar-refractivity contribution < 1.29 is 29.0 Å². The molecule has 2 N–H and O–H groups in total. The van der Waals surface area contributed by atoms with E-state index in [-0.39, 0.29) is 37.4 Å². The minimum absolute atomic E-state index is 0.0310. The van der Waals surface area contributed by atoms with Crippen molar-refractivity contribution in [2.24, 2.45) is 11.3 Å². The number of carbonyl (C=O) groups excluding carboxylic acids is 2. The van der Waals surface area contributed by atoms with E-state index >= 15 is 0 Å². The molecule has 5 rings (SSSR count). The van der Waals surface area contributed by atoms with Gasteiger partial charge in [0.1, 0.15) is 6.61 Å². The summed E-state index contributed by atoms with van der Waals surface area (Å²) in [6.07, 6.45) is 0.746. The summed E-state index contributed by atoms with van der Waals surface area (Å²) < 4.78 is 10.9. The highest BCUT2D eigenvalue weighted by atomic mass is 16.5. The van der Waals surface area contributed by atoms with Crippen LogP contribution in [-0.4, -0.2) is 67.4 Å². The molecule has 0 radical (unpaired) electrons. The van der Waals surface area contributed by atoms with E-state index < -0.39 is 23.6 Å². The molecule has 35 heavy (non-hydrogen) atoms. The van der Waals surface area contributed by atoms with Crippen LogP contribution in [0.1, 0.15) is 36.3 Å². The summed E-state index contributed by atoms with van der Waals surface area (Å²) in [6.45, 7) is 0.736. The van der Waals surface area contributed by atoms with Gasteiger partial charge in [-0.3, -0.25) is 9.59 Å². The van der Waals surface area contributed by atoms with Crippen LogP contribution in [-0.2, 0) is 19.1 Å². The van der Waals surface area contributed by atoms with Crippen molar-refractivity contribution in [2.75, 3.05) is 33.4 Å². The third-order valence-corrected chi connectivity index (χ3v) is 7.94. The first-order valence-corrected chi connectivity index (χ1v) is 12.1. The number of rotatable bonds is 7. The molecule has 2 aromatic carbocycles. The van der Waals surface area contributed by atoms with Crippen molar-refractivity contribution in [1.29, 1.82) is 0 Å². The Morgan fingerprint density at radius 3 is 2.37 bits per heavy atom. The Morgan fingerprint density at radius 1 is 1.11 bits per heavy atom. The monoisotopic (exact) mass is 478 g/mol. The molecule has 2 fully saturated rings. The van der Waals surface area contributed by atoms with Crippen molar-refractivity contribution in [3.63, 3.8) is 0 Å². The van der Waals surface area contributed by atoms with E-state index in [1.807, 2.05) is 24.3 Å². The van der Waals surface area contributed by atoms with Crippen LogP contribution in [0.3, 0.4) is 0 Å². The van der Waals surface area contributed by atoms with Crippen molar-refractivity contribution in [3.8, 4) is 11.1 Å². The highest BCUT2D eigenvalue weighted by Gasteiger charge is 2.56. The van der Waals surface area contributed by atoms with E-state index in [0.717, 1.165) is 35.1 Å². The number of alkyl carbamates (subject to hydrolysis) is 1. The Kier molecular flexibility index (Phi) is 6.23. The number of methoxy groups -OCH3 is 1. The Labute approximate surface area is 204 Å². The third kappa shape index (κ3) is 4.05. The molecule has 1 unspecified atom stereocenters. The topological polar surface area (TPSA) is 105 Å². The lowest BCUT2D eigenvalue weighted by Gasteiger charge is -2.25. The zero-order valence-corrected chi connectivity index (χ0v) is 19.7. The van der Waals surface area contributed by atoms with Crippen molar-refractivity contribution in [2.45, 2.75) is 31.3 Å². The molecule has 8 heteroatoms. The van der Waals surface area contributed by atoms with Gasteiger partial charge in [-0.2, -0.15) is 0 Å². The molecule has 0 aromatic heterocycles. The molecule has 184 valence electrons. The van der Waals surface area contributed by atoms with Crippen LogP contribution in [0.25, 0.3) is 11.1 Å². The Bertz CT molecular complexity index is 1100. The molecule has 8 nitrogen and oxygen atoms in total. The molecule has 2 aliphatic carbocycles. The number of hydrogen-bond donors (Lipinski definition) is 2. The number of fused-ring (bicyclic) bond motifs is 4. The van der Waals surface area contributed by atoms with Gasteiger partial charge in [0.25, 0.3) is 5.91 Å². The Balaban J connectivity index is 1.17. The number of carboxylic acid groups (broad SMARTS) is 1. The average molecular weight is 479 g/mol. The van der Waals surface area contributed by atoms with E-state index in [4.69, 9.17) is 9.47 Å². The maximum absolute atomic E-state index is 13.0. The summed E-state index contributed by atoms with van der Waals surface area (Å²) in [7, 11) is 1.41. The first-order chi connectivity index (χ1) is 16.9. The molecular formula is C27H30N2O6. The Morgan fingerprint density at radius 2 is 1.77 bits per heavy atom. The molecule has 1 saturated heterocycles. The van der Waals surface area contributed by atoms with E-state index in [2.05, 4.69) is 29.6 Å². The predicted octanol–water partition coefficient (Wildman–Crippen LogP) is 3.25. The first-order valence-electron chi connectivity index (χ1n) is 12.1. The fourth-order valence-electron chi connectivity index (χ4n) is 6.11. The van der Waals surface area contributed by atoms with Gasteiger partial charge in [0.2, 0.25) is 0 Å². The lowest BCUT2D eigenvalue weighted by molar-refractivity contribution is -0.150. The molecule has 1 heterocycles. The number of carboxylic acids is 1. The van der Waals surface area contributed by atoms with Gasteiger partial charge in [0.15, 0.2) is 6.10 Å².